The molecule has 5 heteroatoms. The summed E-state index contributed by atoms with van der Waals surface area (Å²) >= 11 is 0. The molecule has 0 unspecified atom stereocenters. The molecule has 2 amide bonds. The van der Waals surface area contributed by atoms with Crippen LogP contribution in [0.4, 0.5) is 0 Å². The average molecular weight is 321 g/mol. The molecule has 0 aromatic carbocycles. The van der Waals surface area contributed by atoms with Gasteiger partial charge in [-0.15, -0.1) is 0 Å². The molecule has 23 heavy (non-hydrogen) atoms. The summed E-state index contributed by atoms with van der Waals surface area (Å²) in [6, 6.07) is 4.01. The van der Waals surface area contributed by atoms with Gasteiger partial charge in [0.05, 0.1) is 13.1 Å². The number of carbonyl (C=O) groups is 2. The van der Waals surface area contributed by atoms with Crippen LogP contribution in [0, 0.1) is 11.8 Å². The molecule has 1 heterocycles. The molecule has 1 aromatic heterocycles. The van der Waals surface area contributed by atoms with E-state index in [4.69, 9.17) is 0 Å². The molecule has 1 aromatic rings. The van der Waals surface area contributed by atoms with E-state index >= 15 is 0 Å². The minimum absolute atomic E-state index is 0.00995. The van der Waals surface area contributed by atoms with Gasteiger partial charge in [0, 0.05) is 39.0 Å². The zero-order chi connectivity index (χ0) is 17.6. The first kappa shape index (κ1) is 19.3. The number of rotatable bonds is 8. The Balaban J connectivity index is 2.82. The zero-order valence-electron chi connectivity index (χ0n) is 15.4. The van der Waals surface area contributed by atoms with Crippen LogP contribution < -0.4 is 0 Å². The van der Waals surface area contributed by atoms with Crippen molar-refractivity contribution in [2.24, 2.45) is 18.9 Å². The summed E-state index contributed by atoms with van der Waals surface area (Å²) in [6.07, 6.45) is 1.98. The average Bonchev–Trinajstić information content (AvgIpc) is 2.81. The maximum absolute atomic E-state index is 12.7. The van der Waals surface area contributed by atoms with Crippen molar-refractivity contribution in [1.82, 2.24) is 14.4 Å². The lowest BCUT2D eigenvalue weighted by molar-refractivity contribution is -0.140. The molecule has 0 bridgehead atoms. The Hall–Kier alpha value is -1.78. The molecule has 0 saturated carbocycles. The van der Waals surface area contributed by atoms with Gasteiger partial charge in [-0.05, 0) is 24.0 Å². The first-order valence-electron chi connectivity index (χ1n) is 8.34. The number of carbonyl (C=O) groups excluding carboxylic acids is 2. The number of nitrogens with zero attached hydrogens (tertiary/aromatic N) is 3. The summed E-state index contributed by atoms with van der Waals surface area (Å²) in [6.45, 7) is 11.9. The van der Waals surface area contributed by atoms with Crippen molar-refractivity contribution in [3.05, 3.63) is 24.0 Å². The predicted molar refractivity (Wildman–Crippen MR) is 92.8 cm³/mol. The lowest BCUT2D eigenvalue weighted by Crippen LogP contribution is -2.44. The molecule has 0 atom stereocenters. The van der Waals surface area contributed by atoms with Gasteiger partial charge in [0.2, 0.25) is 11.8 Å². The second-order valence-corrected chi connectivity index (χ2v) is 7.07. The van der Waals surface area contributed by atoms with Gasteiger partial charge in [-0.3, -0.25) is 9.59 Å². The molecule has 0 saturated heterocycles. The maximum Gasteiger partial charge on any atom is 0.242 e. The highest BCUT2D eigenvalue weighted by molar-refractivity contribution is 5.83. The number of hydrogen-bond acceptors (Lipinski definition) is 2. The molecule has 5 nitrogen and oxygen atoms in total. The second-order valence-electron chi connectivity index (χ2n) is 7.07. The van der Waals surface area contributed by atoms with Crippen LogP contribution in [0.15, 0.2) is 18.3 Å². The highest BCUT2D eigenvalue weighted by Crippen LogP contribution is 2.10. The molecule has 0 aliphatic heterocycles. The molecule has 130 valence electrons. The zero-order valence-corrected chi connectivity index (χ0v) is 15.4. The fourth-order valence-electron chi connectivity index (χ4n) is 2.56. The largest absolute Gasteiger partial charge is 0.353 e. The van der Waals surface area contributed by atoms with Crippen molar-refractivity contribution in [1.29, 1.82) is 0 Å². The van der Waals surface area contributed by atoms with Gasteiger partial charge in [-0.1, -0.05) is 27.7 Å². The van der Waals surface area contributed by atoms with E-state index < -0.39 is 0 Å². The molecular weight excluding hydrogens is 290 g/mol. The third-order valence-corrected chi connectivity index (χ3v) is 3.70. The highest BCUT2D eigenvalue weighted by atomic mass is 16.2. The van der Waals surface area contributed by atoms with Crippen LogP contribution in [0.3, 0.4) is 0 Å². The van der Waals surface area contributed by atoms with Crippen molar-refractivity contribution < 1.29 is 9.59 Å². The van der Waals surface area contributed by atoms with E-state index in [1.165, 1.54) is 6.92 Å². The van der Waals surface area contributed by atoms with Crippen molar-refractivity contribution in [2.75, 3.05) is 19.6 Å². The summed E-state index contributed by atoms with van der Waals surface area (Å²) in [7, 11) is 1.98. The van der Waals surface area contributed by atoms with Gasteiger partial charge >= 0.3 is 0 Å². The van der Waals surface area contributed by atoms with Crippen molar-refractivity contribution >= 4 is 11.8 Å². The van der Waals surface area contributed by atoms with Gasteiger partial charge in [0.1, 0.15) is 0 Å². The van der Waals surface area contributed by atoms with E-state index in [1.807, 2.05) is 34.8 Å². The number of amides is 2. The molecule has 0 aliphatic carbocycles. The third-order valence-electron chi connectivity index (χ3n) is 3.70. The monoisotopic (exact) mass is 321 g/mol. The van der Waals surface area contributed by atoms with Gasteiger partial charge in [-0.2, -0.15) is 0 Å². The first-order valence-corrected chi connectivity index (χ1v) is 8.34. The normalized spacial score (nSPS) is 11.1. The van der Waals surface area contributed by atoms with E-state index in [9.17, 15) is 9.59 Å². The predicted octanol–water partition coefficient (Wildman–Crippen LogP) is 2.51. The first-order chi connectivity index (χ1) is 10.7. The molecule has 0 aliphatic rings. The van der Waals surface area contributed by atoms with Gasteiger partial charge in [0.15, 0.2) is 0 Å². The Bertz CT molecular complexity index is 520. The fraction of sp³-hybridized carbons (Fsp3) is 0.667. The van der Waals surface area contributed by atoms with Crippen molar-refractivity contribution in [2.45, 2.75) is 41.2 Å². The smallest absolute Gasteiger partial charge is 0.242 e. The molecule has 0 fully saturated rings. The van der Waals surface area contributed by atoms with E-state index in [0.717, 1.165) is 5.69 Å². The number of hydrogen-bond donors (Lipinski definition) is 0. The highest BCUT2D eigenvalue weighted by Gasteiger charge is 2.21. The van der Waals surface area contributed by atoms with E-state index in [0.29, 0.717) is 31.5 Å². The lowest BCUT2D eigenvalue weighted by Gasteiger charge is -2.29. The Morgan fingerprint density at radius 1 is 1.09 bits per heavy atom. The molecule has 0 N–H and O–H groups in total. The molecule has 1 rings (SSSR count). The van der Waals surface area contributed by atoms with Crippen LogP contribution in [0.2, 0.25) is 0 Å². The summed E-state index contributed by atoms with van der Waals surface area (Å²) < 4.78 is 2.03. The maximum atomic E-state index is 12.7. The second kappa shape index (κ2) is 8.75. The van der Waals surface area contributed by atoms with E-state index in [2.05, 4.69) is 27.7 Å². The van der Waals surface area contributed by atoms with Gasteiger partial charge in [-0.25, -0.2) is 0 Å². The topological polar surface area (TPSA) is 45.6 Å². The van der Waals surface area contributed by atoms with Crippen LogP contribution in [-0.4, -0.2) is 45.8 Å². The minimum Gasteiger partial charge on any atom is -0.353 e. The van der Waals surface area contributed by atoms with Crippen LogP contribution in [0.5, 0.6) is 0 Å². The minimum atomic E-state index is -0.0459. The molecular formula is C18H31N3O2. The summed E-state index contributed by atoms with van der Waals surface area (Å²) in [5.41, 5.74) is 1.09. The van der Waals surface area contributed by atoms with E-state index in [1.54, 1.807) is 4.90 Å². The standard InChI is InChI=1S/C18H31N3O2/c1-14(2)10-20(16(5)22)13-18(23)21(11-15(3)4)12-17-8-7-9-19(17)6/h7-9,14-15H,10-13H2,1-6H3. The van der Waals surface area contributed by atoms with E-state index in [-0.39, 0.29) is 18.4 Å². The van der Waals surface area contributed by atoms with Crippen LogP contribution in [0.1, 0.15) is 40.3 Å². The van der Waals surface area contributed by atoms with Crippen LogP contribution in [0.25, 0.3) is 0 Å². The Kier molecular flexibility index (Phi) is 7.33. The third kappa shape index (κ3) is 6.47. The number of aromatic nitrogens is 1. The Labute approximate surface area is 140 Å². The van der Waals surface area contributed by atoms with Crippen LogP contribution >= 0.6 is 0 Å². The summed E-state index contributed by atoms with van der Waals surface area (Å²) in [4.78, 5) is 28.0. The van der Waals surface area contributed by atoms with Crippen LogP contribution in [-0.2, 0) is 23.2 Å². The molecule has 0 spiro atoms. The lowest BCUT2D eigenvalue weighted by atomic mass is 10.2. The summed E-state index contributed by atoms with van der Waals surface area (Å²) in [5.74, 6) is 0.694. The fourth-order valence-corrected chi connectivity index (χ4v) is 2.56. The van der Waals surface area contributed by atoms with Gasteiger partial charge in [0.25, 0.3) is 0 Å². The van der Waals surface area contributed by atoms with Crippen molar-refractivity contribution in [3.8, 4) is 0 Å². The SMILES string of the molecule is CC(=O)N(CC(=O)N(Cc1cccn1C)CC(C)C)CC(C)C. The molecule has 0 radical (unpaired) electrons. The van der Waals surface area contributed by atoms with Crippen molar-refractivity contribution in [3.63, 3.8) is 0 Å². The number of aryl methyl sites for hydroxylation is 1. The quantitative estimate of drug-likeness (QED) is 0.738. The Morgan fingerprint density at radius 2 is 1.65 bits per heavy atom. The van der Waals surface area contributed by atoms with Gasteiger partial charge < -0.3 is 14.4 Å². The Morgan fingerprint density at radius 3 is 2.09 bits per heavy atom. The summed E-state index contributed by atoms with van der Waals surface area (Å²) in [5, 5.41) is 0.